The lowest BCUT2D eigenvalue weighted by Gasteiger charge is -2.14. The number of aromatic nitrogens is 1. The summed E-state index contributed by atoms with van der Waals surface area (Å²) in [4.78, 5) is 3.61. The number of thiophene rings is 1. The summed E-state index contributed by atoms with van der Waals surface area (Å²) in [5.41, 5.74) is 2.47. The zero-order chi connectivity index (χ0) is 14.8. The molecule has 1 saturated heterocycles. The zero-order valence-electron chi connectivity index (χ0n) is 12.3. The highest BCUT2D eigenvalue weighted by atomic mass is 32.1. The molecule has 1 atom stereocenters. The molecule has 112 valence electrons. The van der Waals surface area contributed by atoms with Gasteiger partial charge in [-0.2, -0.15) is 0 Å². The molecule has 3 aromatic rings. The van der Waals surface area contributed by atoms with E-state index in [0.717, 1.165) is 36.0 Å². The number of likely N-dealkylation sites (tertiary alicyclic amines) is 1. The molecule has 1 fully saturated rings. The molecule has 0 unspecified atom stereocenters. The zero-order valence-corrected chi connectivity index (χ0v) is 13.1. The van der Waals surface area contributed by atoms with Crippen molar-refractivity contribution in [3.63, 3.8) is 0 Å². The Bertz CT molecular complexity index is 721. The quantitative estimate of drug-likeness (QED) is 0.715. The lowest BCUT2D eigenvalue weighted by molar-refractivity contribution is 0.311. The van der Waals surface area contributed by atoms with E-state index in [1.54, 1.807) is 11.3 Å². The Labute approximate surface area is 134 Å². The highest BCUT2D eigenvalue weighted by molar-refractivity contribution is 7.13. The van der Waals surface area contributed by atoms with Gasteiger partial charge in [0.15, 0.2) is 5.76 Å². The van der Waals surface area contributed by atoms with Crippen LogP contribution >= 0.6 is 11.3 Å². The molecule has 2 aromatic heterocycles. The number of rotatable bonds is 4. The molecule has 1 aliphatic rings. The summed E-state index contributed by atoms with van der Waals surface area (Å²) in [6, 6.07) is 17.0. The first-order valence-corrected chi connectivity index (χ1v) is 8.53. The maximum atomic E-state index is 5.46. The summed E-state index contributed by atoms with van der Waals surface area (Å²) in [5, 5.41) is 6.28. The molecule has 4 heteroatoms. The third kappa shape index (κ3) is 2.85. The van der Waals surface area contributed by atoms with Crippen LogP contribution in [0.4, 0.5) is 0 Å². The Balaban J connectivity index is 1.41. The molecule has 0 N–H and O–H groups in total. The second-order valence-corrected chi connectivity index (χ2v) is 6.74. The van der Waals surface area contributed by atoms with E-state index in [9.17, 15) is 0 Å². The van der Waals surface area contributed by atoms with Crippen LogP contribution in [0.25, 0.3) is 10.6 Å². The van der Waals surface area contributed by atoms with E-state index >= 15 is 0 Å². The standard InChI is InChI=1S/C18H18N2OS/c1-2-5-14(6-3-1)15-8-9-20(12-15)13-16-11-17(21-19-16)18-7-4-10-22-18/h1-7,10-11,15H,8-9,12-13H2/t15-/m0/s1. The molecule has 22 heavy (non-hydrogen) atoms. The Morgan fingerprint density at radius 2 is 2.09 bits per heavy atom. The van der Waals surface area contributed by atoms with Gasteiger partial charge in [0.2, 0.25) is 0 Å². The molecule has 0 bridgehead atoms. The van der Waals surface area contributed by atoms with E-state index in [1.807, 2.05) is 6.07 Å². The fourth-order valence-electron chi connectivity index (χ4n) is 3.12. The summed E-state index contributed by atoms with van der Waals surface area (Å²) in [6.45, 7) is 3.10. The summed E-state index contributed by atoms with van der Waals surface area (Å²) in [7, 11) is 0. The predicted octanol–water partition coefficient (Wildman–Crippen LogP) is 4.39. The molecule has 1 aromatic carbocycles. The Kier molecular flexibility index (Phi) is 3.79. The van der Waals surface area contributed by atoms with Crippen LogP contribution in [-0.2, 0) is 6.54 Å². The van der Waals surface area contributed by atoms with Gasteiger partial charge in [-0.05, 0) is 35.9 Å². The molecule has 1 aliphatic heterocycles. The summed E-state index contributed by atoms with van der Waals surface area (Å²) < 4.78 is 5.46. The summed E-state index contributed by atoms with van der Waals surface area (Å²) in [6.07, 6.45) is 1.22. The van der Waals surface area contributed by atoms with Crippen molar-refractivity contribution in [2.75, 3.05) is 13.1 Å². The van der Waals surface area contributed by atoms with Gasteiger partial charge in [0.1, 0.15) is 0 Å². The van der Waals surface area contributed by atoms with Crippen molar-refractivity contribution in [3.8, 4) is 10.6 Å². The van der Waals surface area contributed by atoms with Crippen molar-refractivity contribution in [3.05, 3.63) is 65.2 Å². The Hall–Kier alpha value is -1.91. The van der Waals surface area contributed by atoms with Gasteiger partial charge in [0.05, 0.1) is 10.6 Å². The van der Waals surface area contributed by atoms with Crippen molar-refractivity contribution in [2.24, 2.45) is 0 Å². The molecule has 0 radical (unpaired) electrons. The van der Waals surface area contributed by atoms with Crippen molar-refractivity contribution in [1.29, 1.82) is 0 Å². The van der Waals surface area contributed by atoms with Crippen LogP contribution in [-0.4, -0.2) is 23.1 Å². The molecule has 0 aliphatic carbocycles. The van der Waals surface area contributed by atoms with Gasteiger partial charge < -0.3 is 4.52 Å². The van der Waals surface area contributed by atoms with E-state index in [-0.39, 0.29) is 0 Å². The maximum Gasteiger partial charge on any atom is 0.177 e. The molecule has 3 nitrogen and oxygen atoms in total. The van der Waals surface area contributed by atoms with Gasteiger partial charge >= 0.3 is 0 Å². The van der Waals surface area contributed by atoms with Crippen molar-refractivity contribution in [2.45, 2.75) is 18.9 Å². The Morgan fingerprint density at radius 1 is 1.18 bits per heavy atom. The van der Waals surface area contributed by atoms with Gasteiger partial charge in [-0.15, -0.1) is 11.3 Å². The minimum absolute atomic E-state index is 0.643. The largest absolute Gasteiger partial charge is 0.355 e. The lowest BCUT2D eigenvalue weighted by Crippen LogP contribution is -2.19. The smallest absolute Gasteiger partial charge is 0.177 e. The fraction of sp³-hybridized carbons (Fsp3) is 0.278. The SMILES string of the molecule is c1ccc([C@H]2CCN(Cc3cc(-c4cccs4)on3)C2)cc1. The molecular formula is C18H18N2OS. The monoisotopic (exact) mass is 310 g/mol. The normalized spacial score (nSPS) is 18.8. The number of benzene rings is 1. The minimum atomic E-state index is 0.643. The average Bonchev–Trinajstić information content (AvgIpc) is 3.30. The highest BCUT2D eigenvalue weighted by Gasteiger charge is 2.24. The van der Waals surface area contributed by atoms with Crippen LogP contribution in [0.15, 0.2) is 58.4 Å². The fourth-order valence-corrected chi connectivity index (χ4v) is 3.80. The van der Waals surface area contributed by atoms with Crippen molar-refractivity contribution >= 4 is 11.3 Å². The van der Waals surface area contributed by atoms with Crippen LogP contribution in [0.5, 0.6) is 0 Å². The second-order valence-electron chi connectivity index (χ2n) is 5.79. The van der Waals surface area contributed by atoms with Gasteiger partial charge in [0, 0.05) is 19.2 Å². The molecule has 0 amide bonds. The van der Waals surface area contributed by atoms with E-state index < -0.39 is 0 Å². The summed E-state index contributed by atoms with van der Waals surface area (Å²) >= 11 is 1.68. The van der Waals surface area contributed by atoms with Crippen LogP contribution < -0.4 is 0 Å². The number of hydrogen-bond donors (Lipinski definition) is 0. The summed E-state index contributed by atoms with van der Waals surface area (Å²) in [5.74, 6) is 1.52. The Morgan fingerprint density at radius 3 is 2.91 bits per heavy atom. The van der Waals surface area contributed by atoms with E-state index in [2.05, 4.69) is 57.9 Å². The highest BCUT2D eigenvalue weighted by Crippen LogP contribution is 2.29. The van der Waals surface area contributed by atoms with Gasteiger partial charge in [-0.25, -0.2) is 0 Å². The first-order chi connectivity index (χ1) is 10.9. The van der Waals surface area contributed by atoms with Crippen LogP contribution in [0.2, 0.25) is 0 Å². The van der Waals surface area contributed by atoms with E-state index in [4.69, 9.17) is 4.52 Å². The molecule has 3 heterocycles. The van der Waals surface area contributed by atoms with Crippen LogP contribution in [0, 0.1) is 0 Å². The first-order valence-electron chi connectivity index (χ1n) is 7.65. The first kappa shape index (κ1) is 13.7. The third-order valence-corrected chi connectivity index (χ3v) is 5.14. The molecular weight excluding hydrogens is 292 g/mol. The third-order valence-electron chi connectivity index (χ3n) is 4.25. The maximum absolute atomic E-state index is 5.46. The van der Waals surface area contributed by atoms with Crippen molar-refractivity contribution < 1.29 is 4.52 Å². The second kappa shape index (κ2) is 6.07. The topological polar surface area (TPSA) is 29.3 Å². The number of nitrogens with zero attached hydrogens (tertiary/aromatic N) is 2. The van der Waals surface area contributed by atoms with Crippen LogP contribution in [0.3, 0.4) is 0 Å². The van der Waals surface area contributed by atoms with E-state index in [1.165, 1.54) is 12.0 Å². The molecule has 0 spiro atoms. The van der Waals surface area contributed by atoms with Gasteiger partial charge in [-0.3, -0.25) is 4.90 Å². The minimum Gasteiger partial charge on any atom is -0.355 e. The van der Waals surface area contributed by atoms with Crippen molar-refractivity contribution in [1.82, 2.24) is 10.1 Å². The number of hydrogen-bond acceptors (Lipinski definition) is 4. The van der Waals surface area contributed by atoms with Gasteiger partial charge in [0.25, 0.3) is 0 Å². The molecule has 4 rings (SSSR count). The predicted molar refractivity (Wildman–Crippen MR) is 88.9 cm³/mol. The van der Waals surface area contributed by atoms with Crippen LogP contribution in [0.1, 0.15) is 23.6 Å². The van der Waals surface area contributed by atoms with Gasteiger partial charge in [-0.1, -0.05) is 41.6 Å². The molecule has 0 saturated carbocycles. The lowest BCUT2D eigenvalue weighted by atomic mass is 9.99. The average molecular weight is 310 g/mol. The van der Waals surface area contributed by atoms with E-state index in [0.29, 0.717) is 5.92 Å².